The van der Waals surface area contributed by atoms with E-state index in [4.69, 9.17) is 4.74 Å². The molecule has 0 saturated carbocycles. The second-order valence-corrected chi connectivity index (χ2v) is 7.12. The van der Waals surface area contributed by atoms with Gasteiger partial charge in [0, 0.05) is 25.6 Å². The number of likely N-dealkylation sites (N-methyl/N-ethyl adjacent to an activating group) is 1. The number of likely N-dealkylation sites (tertiary alicyclic amines) is 1. The van der Waals surface area contributed by atoms with Gasteiger partial charge in [0.15, 0.2) is 11.6 Å². The number of benzene rings is 1. The number of hydrogen-bond acceptors (Lipinski definition) is 3. The molecule has 6 heteroatoms. The molecular weight excluding hydrogens is 314 g/mol. The molecule has 2 aliphatic rings. The summed E-state index contributed by atoms with van der Waals surface area (Å²) in [7, 11) is 1.71. The van der Waals surface area contributed by atoms with E-state index >= 15 is 0 Å². The predicted octanol–water partition coefficient (Wildman–Crippen LogP) is 2.60. The molecule has 0 radical (unpaired) electrons. The van der Waals surface area contributed by atoms with Crippen molar-refractivity contribution in [2.45, 2.75) is 25.8 Å². The molecule has 1 spiro atoms. The van der Waals surface area contributed by atoms with Gasteiger partial charge < -0.3 is 9.64 Å². The lowest BCUT2D eigenvalue weighted by Gasteiger charge is -2.28. The minimum Gasteiger partial charge on any atom is -0.381 e. The lowest BCUT2D eigenvalue weighted by Crippen LogP contribution is -2.39. The maximum absolute atomic E-state index is 13.4. The molecule has 2 heterocycles. The zero-order chi connectivity index (χ0) is 17.3. The van der Waals surface area contributed by atoms with Gasteiger partial charge in [0.1, 0.15) is 0 Å². The molecule has 0 aliphatic carbocycles. The first-order valence-electron chi connectivity index (χ1n) is 8.41. The van der Waals surface area contributed by atoms with Crippen LogP contribution < -0.4 is 0 Å². The van der Waals surface area contributed by atoms with Gasteiger partial charge in [0.2, 0.25) is 5.91 Å². The summed E-state index contributed by atoms with van der Waals surface area (Å²) in [4.78, 5) is 16.3. The highest BCUT2D eigenvalue weighted by atomic mass is 19.2. The van der Waals surface area contributed by atoms with Crippen LogP contribution in [0.5, 0.6) is 0 Å². The number of carbonyl (C=O) groups is 1. The van der Waals surface area contributed by atoms with E-state index in [-0.39, 0.29) is 17.4 Å². The zero-order valence-corrected chi connectivity index (χ0v) is 14.2. The van der Waals surface area contributed by atoms with Crippen molar-refractivity contribution >= 4 is 5.91 Å². The first-order valence-corrected chi connectivity index (χ1v) is 8.41. The normalized spacial score (nSPS) is 25.3. The van der Waals surface area contributed by atoms with Crippen LogP contribution in [0, 0.1) is 17.0 Å². The van der Waals surface area contributed by atoms with Crippen LogP contribution in [0.4, 0.5) is 8.78 Å². The van der Waals surface area contributed by atoms with Crippen molar-refractivity contribution in [1.29, 1.82) is 0 Å². The van der Waals surface area contributed by atoms with Crippen LogP contribution in [-0.4, -0.2) is 55.6 Å². The summed E-state index contributed by atoms with van der Waals surface area (Å²) in [5.41, 5.74) is 0.816. The monoisotopic (exact) mass is 338 g/mol. The third kappa shape index (κ3) is 3.44. The van der Waals surface area contributed by atoms with Crippen LogP contribution in [0.1, 0.15) is 31.4 Å². The quantitative estimate of drug-likeness (QED) is 0.846. The zero-order valence-electron chi connectivity index (χ0n) is 14.2. The molecule has 1 aromatic carbocycles. The molecule has 3 rings (SSSR count). The molecule has 0 aromatic heterocycles. The van der Waals surface area contributed by atoms with Crippen molar-refractivity contribution in [1.82, 2.24) is 9.80 Å². The lowest BCUT2D eigenvalue weighted by molar-refractivity contribution is -0.132. The molecule has 0 N–H and O–H groups in total. The Kier molecular flexibility index (Phi) is 4.88. The largest absolute Gasteiger partial charge is 0.381 e. The van der Waals surface area contributed by atoms with Gasteiger partial charge in [-0.2, -0.15) is 0 Å². The summed E-state index contributed by atoms with van der Waals surface area (Å²) >= 11 is 0. The number of carbonyl (C=O) groups excluding carboxylic acids is 1. The molecular formula is C18H24F2N2O2. The van der Waals surface area contributed by atoms with Gasteiger partial charge in [0.05, 0.1) is 19.2 Å². The van der Waals surface area contributed by atoms with Crippen molar-refractivity contribution in [2.75, 3.05) is 39.9 Å². The van der Waals surface area contributed by atoms with E-state index in [1.165, 1.54) is 6.07 Å². The van der Waals surface area contributed by atoms with Gasteiger partial charge in [0.25, 0.3) is 0 Å². The van der Waals surface area contributed by atoms with Crippen LogP contribution in [-0.2, 0) is 9.53 Å². The van der Waals surface area contributed by atoms with E-state index in [9.17, 15) is 13.6 Å². The molecule has 2 fully saturated rings. The SMILES string of the molecule is C[C@@H](c1ccc(F)c(F)c1)N(C)C(=O)CN1CC[C@@]2(CCOC2)C1. The Hall–Kier alpha value is -1.53. The predicted molar refractivity (Wildman–Crippen MR) is 86.5 cm³/mol. The number of hydrogen-bond donors (Lipinski definition) is 0. The van der Waals surface area contributed by atoms with Gasteiger partial charge in [-0.05, 0) is 44.0 Å². The van der Waals surface area contributed by atoms with E-state index < -0.39 is 11.6 Å². The number of halogens is 2. The summed E-state index contributed by atoms with van der Waals surface area (Å²) in [5, 5.41) is 0. The van der Waals surface area contributed by atoms with Crippen LogP contribution in [0.2, 0.25) is 0 Å². The van der Waals surface area contributed by atoms with Gasteiger partial charge in [-0.25, -0.2) is 8.78 Å². The molecule has 0 unspecified atom stereocenters. The first kappa shape index (κ1) is 17.3. The molecule has 2 aliphatic heterocycles. The fourth-order valence-electron chi connectivity index (χ4n) is 3.65. The van der Waals surface area contributed by atoms with Crippen molar-refractivity contribution < 1.29 is 18.3 Å². The fraction of sp³-hybridized carbons (Fsp3) is 0.611. The van der Waals surface area contributed by atoms with Crippen LogP contribution in [0.15, 0.2) is 18.2 Å². The third-order valence-corrected chi connectivity index (χ3v) is 5.46. The summed E-state index contributed by atoms with van der Waals surface area (Å²) in [6.07, 6.45) is 2.14. The molecule has 24 heavy (non-hydrogen) atoms. The van der Waals surface area contributed by atoms with Gasteiger partial charge >= 0.3 is 0 Å². The Morgan fingerprint density at radius 2 is 2.17 bits per heavy atom. The molecule has 1 amide bonds. The van der Waals surface area contributed by atoms with Crippen LogP contribution in [0.3, 0.4) is 0 Å². The average molecular weight is 338 g/mol. The van der Waals surface area contributed by atoms with Crippen molar-refractivity contribution in [3.05, 3.63) is 35.4 Å². The molecule has 0 bridgehead atoms. The summed E-state index contributed by atoms with van der Waals surface area (Å²) in [6.45, 7) is 5.58. The maximum Gasteiger partial charge on any atom is 0.236 e. The molecule has 2 atom stereocenters. The van der Waals surface area contributed by atoms with E-state index in [1.807, 2.05) is 6.92 Å². The molecule has 2 saturated heterocycles. The van der Waals surface area contributed by atoms with Crippen molar-refractivity contribution in [3.63, 3.8) is 0 Å². The summed E-state index contributed by atoms with van der Waals surface area (Å²) in [5.74, 6) is -1.77. The lowest BCUT2D eigenvalue weighted by atomic mass is 9.87. The van der Waals surface area contributed by atoms with Gasteiger partial charge in [-0.1, -0.05) is 6.07 Å². The topological polar surface area (TPSA) is 32.8 Å². The average Bonchev–Trinajstić information content (AvgIpc) is 3.18. The van der Waals surface area contributed by atoms with Gasteiger partial charge in [-0.3, -0.25) is 9.69 Å². The smallest absolute Gasteiger partial charge is 0.236 e. The van der Waals surface area contributed by atoms with E-state index in [0.29, 0.717) is 12.1 Å². The van der Waals surface area contributed by atoms with E-state index in [0.717, 1.165) is 51.3 Å². The Bertz CT molecular complexity index is 617. The Labute approximate surface area is 141 Å². The first-order chi connectivity index (χ1) is 11.4. The number of nitrogens with zero attached hydrogens (tertiary/aromatic N) is 2. The molecule has 4 nitrogen and oxygen atoms in total. The second-order valence-electron chi connectivity index (χ2n) is 7.12. The Balaban J connectivity index is 1.59. The van der Waals surface area contributed by atoms with Crippen molar-refractivity contribution in [2.24, 2.45) is 5.41 Å². The molecule has 1 aromatic rings. The maximum atomic E-state index is 13.4. The van der Waals surface area contributed by atoms with Gasteiger partial charge in [-0.15, -0.1) is 0 Å². The fourth-order valence-corrected chi connectivity index (χ4v) is 3.65. The summed E-state index contributed by atoms with van der Waals surface area (Å²) in [6, 6.07) is 3.47. The Morgan fingerprint density at radius 1 is 1.38 bits per heavy atom. The second kappa shape index (κ2) is 6.76. The number of amides is 1. The van der Waals surface area contributed by atoms with Crippen LogP contribution >= 0.6 is 0 Å². The highest BCUT2D eigenvalue weighted by Crippen LogP contribution is 2.38. The highest BCUT2D eigenvalue weighted by molar-refractivity contribution is 5.78. The minimum absolute atomic E-state index is 0.0109. The molecule has 132 valence electrons. The number of rotatable bonds is 4. The van der Waals surface area contributed by atoms with Crippen molar-refractivity contribution in [3.8, 4) is 0 Å². The minimum atomic E-state index is -0.886. The van der Waals surface area contributed by atoms with Crippen LogP contribution in [0.25, 0.3) is 0 Å². The third-order valence-electron chi connectivity index (χ3n) is 5.46. The Morgan fingerprint density at radius 3 is 2.83 bits per heavy atom. The van der Waals surface area contributed by atoms with E-state index in [2.05, 4.69) is 4.90 Å². The highest BCUT2D eigenvalue weighted by Gasteiger charge is 2.41. The van der Waals surface area contributed by atoms with E-state index in [1.54, 1.807) is 11.9 Å². The standard InChI is InChI=1S/C18H24F2N2O2/c1-13(14-3-4-15(19)16(20)9-14)21(2)17(23)10-22-7-5-18(11-22)6-8-24-12-18/h3-4,9,13H,5-8,10-12H2,1-2H3/t13-,18+/m0/s1. The summed E-state index contributed by atoms with van der Waals surface area (Å²) < 4.78 is 32.0. The number of ether oxygens (including phenoxy) is 1.